The lowest BCUT2D eigenvalue weighted by molar-refractivity contribution is 0.0371. The first-order valence-electron chi connectivity index (χ1n) is 13.5. The zero-order valence-corrected chi connectivity index (χ0v) is 22.6. The van der Waals surface area contributed by atoms with Crippen molar-refractivity contribution >= 4 is 6.09 Å². The molecule has 0 saturated carbocycles. The second kappa shape index (κ2) is 15.3. The molecule has 1 aromatic carbocycles. The molecule has 2 aliphatic heterocycles. The van der Waals surface area contributed by atoms with Crippen molar-refractivity contribution in [1.29, 1.82) is 0 Å². The van der Waals surface area contributed by atoms with Crippen molar-refractivity contribution in [2.75, 3.05) is 60.3 Å². The second-order valence-corrected chi connectivity index (χ2v) is 10.4. The van der Waals surface area contributed by atoms with E-state index in [2.05, 4.69) is 36.6 Å². The van der Waals surface area contributed by atoms with Gasteiger partial charge in [0.25, 0.3) is 0 Å². The third-order valence-electron chi connectivity index (χ3n) is 7.46. The molecule has 2 aliphatic rings. The Kier molecular flexibility index (Phi) is 12.1. The Morgan fingerprint density at radius 1 is 1.14 bits per heavy atom. The lowest BCUT2D eigenvalue weighted by atomic mass is 9.80. The van der Waals surface area contributed by atoms with Crippen molar-refractivity contribution < 1.29 is 28.5 Å². The molecule has 0 spiro atoms. The minimum absolute atomic E-state index is 0.0870. The van der Waals surface area contributed by atoms with Gasteiger partial charge in [-0.1, -0.05) is 19.9 Å². The van der Waals surface area contributed by atoms with Crippen LogP contribution in [0, 0.1) is 23.7 Å². The molecule has 1 aromatic rings. The summed E-state index contributed by atoms with van der Waals surface area (Å²) in [4.78, 5) is 12.5. The minimum Gasteiger partial charge on any atom is -0.493 e. The number of ether oxygens (including phenoxy) is 5. The number of rotatable bonds is 14. The number of carbonyl (C=O) groups is 1. The van der Waals surface area contributed by atoms with Crippen LogP contribution in [0.25, 0.3) is 0 Å². The fraction of sp³-hybridized carbons (Fsp3) is 0.750. The van der Waals surface area contributed by atoms with Crippen LogP contribution in [-0.4, -0.2) is 72.5 Å². The number of methoxy groups -OCH3 is 2. The maximum Gasteiger partial charge on any atom is 0.407 e. The normalized spacial score (nSPS) is 21.4. The van der Waals surface area contributed by atoms with Gasteiger partial charge in [0.15, 0.2) is 11.5 Å². The summed E-state index contributed by atoms with van der Waals surface area (Å²) in [5.74, 6) is 3.30. The van der Waals surface area contributed by atoms with Crippen molar-refractivity contribution in [3.63, 3.8) is 0 Å². The first kappa shape index (κ1) is 28.5. The highest BCUT2D eigenvalue weighted by Gasteiger charge is 2.32. The lowest BCUT2D eigenvalue weighted by Gasteiger charge is -2.28. The maximum atomic E-state index is 12.5. The van der Waals surface area contributed by atoms with Crippen LogP contribution in [0.3, 0.4) is 0 Å². The average Bonchev–Trinajstić information content (AvgIpc) is 3.32. The number of amides is 1. The minimum atomic E-state index is -0.299. The highest BCUT2D eigenvalue weighted by atomic mass is 16.5. The van der Waals surface area contributed by atoms with Crippen molar-refractivity contribution in [3.8, 4) is 11.5 Å². The third kappa shape index (κ3) is 9.12. The predicted molar refractivity (Wildman–Crippen MR) is 140 cm³/mol. The molecule has 3 atom stereocenters. The standard InChI is InChI=1S/C28H46N2O6/c1-20(2)23(14-22-6-7-26(33-4)27(15-22)35-11-5-10-32-3)16-24-17-29-18-25(24)30-28(31)36-19-21-8-12-34-13-9-21/h6-7,15,20-21,23-25,29H,5,8-14,16-19H2,1-4H3,(H,30,31)/t23-,24-,25+/m0/s1. The van der Waals surface area contributed by atoms with Gasteiger partial charge < -0.3 is 34.3 Å². The summed E-state index contributed by atoms with van der Waals surface area (Å²) in [6.45, 7) is 9.51. The Balaban J connectivity index is 1.54. The third-order valence-corrected chi connectivity index (χ3v) is 7.46. The van der Waals surface area contributed by atoms with Gasteiger partial charge in [0.05, 0.1) is 20.3 Å². The maximum absolute atomic E-state index is 12.5. The molecule has 8 heteroatoms. The van der Waals surface area contributed by atoms with E-state index in [1.807, 2.05) is 6.07 Å². The van der Waals surface area contributed by atoms with Crippen LogP contribution < -0.4 is 20.1 Å². The number of alkyl carbamates (subject to hydrolysis) is 1. The Morgan fingerprint density at radius 2 is 1.94 bits per heavy atom. The molecule has 3 rings (SSSR count). The first-order chi connectivity index (χ1) is 17.5. The molecule has 2 heterocycles. The number of carbonyl (C=O) groups excluding carboxylic acids is 1. The van der Waals surface area contributed by atoms with Gasteiger partial charge in [-0.3, -0.25) is 0 Å². The topological polar surface area (TPSA) is 87.3 Å². The van der Waals surface area contributed by atoms with Crippen molar-refractivity contribution in [2.45, 2.75) is 52.0 Å². The van der Waals surface area contributed by atoms with E-state index in [0.717, 1.165) is 69.9 Å². The SMILES string of the molecule is COCCCOc1cc(C[C@@H](C[C@H]2CNC[C@H]2NC(=O)OCC2CCOCC2)C(C)C)ccc1OC. The predicted octanol–water partition coefficient (Wildman–Crippen LogP) is 4.06. The summed E-state index contributed by atoms with van der Waals surface area (Å²) >= 11 is 0. The summed E-state index contributed by atoms with van der Waals surface area (Å²) in [6, 6.07) is 6.32. The highest BCUT2D eigenvalue weighted by molar-refractivity contribution is 5.67. The van der Waals surface area contributed by atoms with E-state index in [9.17, 15) is 4.79 Å². The Morgan fingerprint density at radius 3 is 2.67 bits per heavy atom. The van der Waals surface area contributed by atoms with Crippen LogP contribution in [0.5, 0.6) is 11.5 Å². The lowest BCUT2D eigenvalue weighted by Crippen LogP contribution is -2.42. The van der Waals surface area contributed by atoms with E-state index < -0.39 is 0 Å². The summed E-state index contributed by atoms with van der Waals surface area (Å²) in [5.41, 5.74) is 1.24. The van der Waals surface area contributed by atoms with Gasteiger partial charge in [-0.05, 0) is 67.1 Å². The van der Waals surface area contributed by atoms with E-state index in [4.69, 9.17) is 23.7 Å². The van der Waals surface area contributed by atoms with Crippen molar-refractivity contribution in [1.82, 2.24) is 10.6 Å². The van der Waals surface area contributed by atoms with Gasteiger partial charge in [0.2, 0.25) is 0 Å². The van der Waals surface area contributed by atoms with Crippen LogP contribution in [0.2, 0.25) is 0 Å². The first-order valence-corrected chi connectivity index (χ1v) is 13.5. The molecule has 2 N–H and O–H groups in total. The number of benzene rings is 1. The van der Waals surface area contributed by atoms with E-state index in [1.54, 1.807) is 14.2 Å². The van der Waals surface area contributed by atoms with Gasteiger partial charge in [0.1, 0.15) is 0 Å². The van der Waals surface area contributed by atoms with E-state index in [-0.39, 0.29) is 12.1 Å². The Labute approximate surface area is 216 Å². The monoisotopic (exact) mass is 506 g/mol. The van der Waals surface area contributed by atoms with Crippen molar-refractivity contribution in [2.24, 2.45) is 23.7 Å². The molecular weight excluding hydrogens is 460 g/mol. The molecule has 1 amide bonds. The summed E-state index contributed by atoms with van der Waals surface area (Å²) in [7, 11) is 3.37. The average molecular weight is 507 g/mol. The summed E-state index contributed by atoms with van der Waals surface area (Å²) in [5, 5.41) is 6.60. The molecular formula is C28H46N2O6. The molecule has 8 nitrogen and oxygen atoms in total. The van der Waals surface area contributed by atoms with Gasteiger partial charge in [-0.15, -0.1) is 0 Å². The largest absolute Gasteiger partial charge is 0.493 e. The molecule has 0 aromatic heterocycles. The molecule has 0 radical (unpaired) electrons. The Hall–Kier alpha value is -2.03. The Bertz CT molecular complexity index is 783. The molecule has 2 saturated heterocycles. The van der Waals surface area contributed by atoms with Crippen LogP contribution in [0.1, 0.15) is 45.1 Å². The van der Waals surface area contributed by atoms with E-state index >= 15 is 0 Å². The van der Waals surface area contributed by atoms with Crippen molar-refractivity contribution in [3.05, 3.63) is 23.8 Å². The van der Waals surface area contributed by atoms with E-state index in [1.165, 1.54) is 5.56 Å². The van der Waals surface area contributed by atoms with Crippen LogP contribution in [0.15, 0.2) is 18.2 Å². The molecule has 0 unspecified atom stereocenters. The quantitative estimate of drug-likeness (QED) is 0.368. The molecule has 0 aliphatic carbocycles. The number of hydrogen-bond acceptors (Lipinski definition) is 7. The van der Waals surface area contributed by atoms with Gasteiger partial charge in [-0.2, -0.15) is 0 Å². The number of hydrogen-bond donors (Lipinski definition) is 2. The summed E-state index contributed by atoms with van der Waals surface area (Å²) in [6.07, 6.45) is 4.44. The van der Waals surface area contributed by atoms with Gasteiger partial charge >= 0.3 is 6.09 Å². The molecule has 0 bridgehead atoms. The number of nitrogens with one attached hydrogen (secondary N) is 2. The smallest absolute Gasteiger partial charge is 0.407 e. The molecule has 36 heavy (non-hydrogen) atoms. The van der Waals surface area contributed by atoms with Crippen LogP contribution >= 0.6 is 0 Å². The van der Waals surface area contributed by atoms with E-state index in [0.29, 0.717) is 43.5 Å². The molecule has 204 valence electrons. The van der Waals surface area contributed by atoms with Gasteiger partial charge in [-0.25, -0.2) is 4.79 Å². The zero-order chi connectivity index (χ0) is 25.8. The molecule has 2 fully saturated rings. The summed E-state index contributed by atoms with van der Waals surface area (Å²) < 4.78 is 27.6. The fourth-order valence-corrected chi connectivity index (χ4v) is 5.08. The second-order valence-electron chi connectivity index (χ2n) is 10.4. The fourth-order valence-electron chi connectivity index (χ4n) is 5.08. The van der Waals surface area contributed by atoms with Gasteiger partial charge in [0, 0.05) is 52.5 Å². The highest BCUT2D eigenvalue weighted by Crippen LogP contribution is 2.32. The zero-order valence-electron chi connectivity index (χ0n) is 22.6. The van der Waals surface area contributed by atoms with Crippen LogP contribution in [0.4, 0.5) is 4.79 Å². The van der Waals surface area contributed by atoms with Crippen LogP contribution in [-0.2, 0) is 20.6 Å².